The van der Waals surface area contributed by atoms with Crippen LogP contribution in [0.4, 0.5) is 0 Å². The fourth-order valence-corrected chi connectivity index (χ4v) is 4.02. The van der Waals surface area contributed by atoms with Gasteiger partial charge in [-0.15, -0.1) is 0 Å². The number of nitrogens with zero attached hydrogens (tertiary/aromatic N) is 4. The van der Waals surface area contributed by atoms with Gasteiger partial charge >= 0.3 is 0 Å². The molecule has 1 saturated carbocycles. The molecule has 1 unspecified atom stereocenters. The average molecular weight is 404 g/mol. The van der Waals surface area contributed by atoms with Gasteiger partial charge in [-0.05, 0) is 42.2 Å². The van der Waals surface area contributed by atoms with Crippen molar-refractivity contribution in [2.45, 2.75) is 18.4 Å². The molecule has 1 saturated heterocycles. The molecule has 2 fully saturated rings. The van der Waals surface area contributed by atoms with Gasteiger partial charge < -0.3 is 14.4 Å². The van der Waals surface area contributed by atoms with E-state index in [1.807, 2.05) is 47.4 Å². The summed E-state index contributed by atoms with van der Waals surface area (Å²) in [6.45, 7) is 2.20. The van der Waals surface area contributed by atoms with Crippen molar-refractivity contribution in [1.82, 2.24) is 19.7 Å². The maximum absolute atomic E-state index is 12.9. The molecule has 30 heavy (non-hydrogen) atoms. The minimum absolute atomic E-state index is 0.108. The Morgan fingerprint density at radius 2 is 1.97 bits per heavy atom. The predicted octanol–water partition coefficient (Wildman–Crippen LogP) is 2.68. The van der Waals surface area contributed by atoms with Crippen LogP contribution < -0.4 is 4.74 Å². The van der Waals surface area contributed by atoms with E-state index in [0.29, 0.717) is 32.2 Å². The molecule has 1 amide bonds. The van der Waals surface area contributed by atoms with Crippen LogP contribution in [0.5, 0.6) is 5.75 Å². The van der Waals surface area contributed by atoms with E-state index in [0.717, 1.165) is 17.9 Å². The zero-order valence-electron chi connectivity index (χ0n) is 16.6. The van der Waals surface area contributed by atoms with Crippen LogP contribution in [0.2, 0.25) is 0 Å². The van der Waals surface area contributed by atoms with Gasteiger partial charge in [-0.25, -0.2) is 9.67 Å². The summed E-state index contributed by atoms with van der Waals surface area (Å²) >= 11 is 0. The zero-order valence-corrected chi connectivity index (χ0v) is 16.6. The van der Waals surface area contributed by atoms with E-state index < -0.39 is 0 Å². The number of ether oxygens (including phenoxy) is 2. The Balaban J connectivity index is 1.13. The van der Waals surface area contributed by atoms with E-state index in [1.165, 1.54) is 11.9 Å². The molecule has 0 N–H and O–H groups in total. The van der Waals surface area contributed by atoms with Crippen LogP contribution in [-0.2, 0) is 9.53 Å². The number of rotatable bonds is 6. The van der Waals surface area contributed by atoms with Crippen molar-refractivity contribution >= 4 is 5.91 Å². The minimum atomic E-state index is -0.119. The highest BCUT2D eigenvalue weighted by Gasteiger charge is 2.46. The first-order chi connectivity index (χ1) is 14.8. The molecule has 2 aromatic carbocycles. The number of morpholine rings is 1. The van der Waals surface area contributed by atoms with Gasteiger partial charge in [-0.2, -0.15) is 5.10 Å². The van der Waals surface area contributed by atoms with Gasteiger partial charge in [-0.1, -0.05) is 30.3 Å². The van der Waals surface area contributed by atoms with E-state index in [1.54, 1.807) is 11.0 Å². The molecular formula is C23H24N4O3. The SMILES string of the molecule is O=C([C@H]1C[C@@H]1c1ccccc1)N1CCOC(COc2ccc(-n3cncn3)cc2)C1. The number of carbonyl (C=O) groups is 1. The first kappa shape index (κ1) is 18.8. The summed E-state index contributed by atoms with van der Waals surface area (Å²) in [6, 6.07) is 18.0. The summed E-state index contributed by atoms with van der Waals surface area (Å²) in [6.07, 6.45) is 3.98. The zero-order chi connectivity index (χ0) is 20.3. The Morgan fingerprint density at radius 3 is 2.73 bits per heavy atom. The van der Waals surface area contributed by atoms with Crippen molar-refractivity contribution < 1.29 is 14.3 Å². The van der Waals surface area contributed by atoms with E-state index in [4.69, 9.17) is 9.47 Å². The lowest BCUT2D eigenvalue weighted by atomic mass is 10.1. The highest BCUT2D eigenvalue weighted by atomic mass is 16.5. The third kappa shape index (κ3) is 4.07. The normalized spacial score (nSPS) is 23.2. The maximum atomic E-state index is 12.9. The molecule has 3 atom stereocenters. The molecule has 0 radical (unpaired) electrons. The summed E-state index contributed by atoms with van der Waals surface area (Å²) in [4.78, 5) is 18.8. The van der Waals surface area contributed by atoms with Crippen LogP contribution in [0, 0.1) is 5.92 Å². The summed E-state index contributed by atoms with van der Waals surface area (Å²) in [7, 11) is 0. The predicted molar refractivity (Wildman–Crippen MR) is 110 cm³/mol. The average Bonchev–Trinajstić information content (AvgIpc) is 3.42. The molecule has 1 aliphatic heterocycles. The van der Waals surface area contributed by atoms with E-state index >= 15 is 0 Å². The molecular weight excluding hydrogens is 380 g/mol. The van der Waals surface area contributed by atoms with Gasteiger partial charge in [0.05, 0.1) is 18.8 Å². The molecule has 5 rings (SSSR count). The number of carbonyl (C=O) groups excluding carboxylic acids is 1. The number of hydrogen-bond donors (Lipinski definition) is 0. The molecule has 3 aromatic rings. The van der Waals surface area contributed by atoms with Crippen LogP contribution in [0.25, 0.3) is 5.69 Å². The third-order valence-electron chi connectivity index (χ3n) is 5.74. The number of hydrogen-bond acceptors (Lipinski definition) is 5. The molecule has 2 heterocycles. The first-order valence-electron chi connectivity index (χ1n) is 10.3. The highest BCUT2D eigenvalue weighted by molar-refractivity contribution is 5.83. The molecule has 2 aliphatic rings. The topological polar surface area (TPSA) is 69.5 Å². The molecule has 0 bridgehead atoms. The third-order valence-corrected chi connectivity index (χ3v) is 5.74. The fraction of sp³-hybridized carbons (Fsp3) is 0.348. The second kappa shape index (κ2) is 8.28. The van der Waals surface area contributed by atoms with Gasteiger partial charge in [0.15, 0.2) is 0 Å². The summed E-state index contributed by atoms with van der Waals surface area (Å²) < 4.78 is 13.4. The van der Waals surface area contributed by atoms with E-state index in [9.17, 15) is 4.79 Å². The van der Waals surface area contributed by atoms with Crippen molar-refractivity contribution in [3.05, 3.63) is 72.8 Å². The van der Waals surface area contributed by atoms with Gasteiger partial charge in [0, 0.05) is 12.5 Å². The van der Waals surface area contributed by atoms with Crippen LogP contribution in [0.15, 0.2) is 67.3 Å². The van der Waals surface area contributed by atoms with Gasteiger partial charge in [0.2, 0.25) is 5.91 Å². The number of benzene rings is 2. The smallest absolute Gasteiger partial charge is 0.226 e. The van der Waals surface area contributed by atoms with Crippen molar-refractivity contribution in [2.24, 2.45) is 5.92 Å². The highest BCUT2D eigenvalue weighted by Crippen LogP contribution is 2.48. The monoisotopic (exact) mass is 404 g/mol. The Hall–Kier alpha value is -3.19. The van der Waals surface area contributed by atoms with Crippen LogP contribution in [-0.4, -0.2) is 58.0 Å². The molecule has 7 heteroatoms. The molecule has 0 spiro atoms. The molecule has 1 aliphatic carbocycles. The Kier molecular flexibility index (Phi) is 5.19. The fourth-order valence-electron chi connectivity index (χ4n) is 4.02. The largest absolute Gasteiger partial charge is 0.491 e. The quantitative estimate of drug-likeness (QED) is 0.632. The lowest BCUT2D eigenvalue weighted by Crippen LogP contribution is -2.48. The van der Waals surface area contributed by atoms with Crippen molar-refractivity contribution in [3.8, 4) is 11.4 Å². The van der Waals surface area contributed by atoms with E-state index in [-0.39, 0.29) is 17.9 Å². The Bertz CT molecular complexity index is 975. The summed E-state index contributed by atoms with van der Waals surface area (Å²) in [5.74, 6) is 1.47. The Morgan fingerprint density at radius 1 is 1.13 bits per heavy atom. The van der Waals surface area contributed by atoms with Crippen molar-refractivity contribution in [1.29, 1.82) is 0 Å². The number of amides is 1. The van der Waals surface area contributed by atoms with Crippen LogP contribution in [0.3, 0.4) is 0 Å². The van der Waals surface area contributed by atoms with Crippen molar-refractivity contribution in [3.63, 3.8) is 0 Å². The van der Waals surface area contributed by atoms with Gasteiger partial charge in [-0.3, -0.25) is 4.79 Å². The molecule has 7 nitrogen and oxygen atoms in total. The number of aromatic nitrogens is 3. The summed E-state index contributed by atoms with van der Waals surface area (Å²) in [5.41, 5.74) is 2.18. The Labute approximate surface area is 175 Å². The maximum Gasteiger partial charge on any atom is 0.226 e. The van der Waals surface area contributed by atoms with Crippen LogP contribution in [0.1, 0.15) is 17.9 Å². The lowest BCUT2D eigenvalue weighted by Gasteiger charge is -2.33. The summed E-state index contributed by atoms with van der Waals surface area (Å²) in [5, 5.41) is 4.11. The lowest BCUT2D eigenvalue weighted by molar-refractivity contribution is -0.141. The molecule has 1 aromatic heterocycles. The van der Waals surface area contributed by atoms with Crippen LogP contribution >= 0.6 is 0 Å². The second-order valence-electron chi connectivity index (χ2n) is 7.78. The van der Waals surface area contributed by atoms with Crippen molar-refractivity contribution in [2.75, 3.05) is 26.3 Å². The van der Waals surface area contributed by atoms with E-state index in [2.05, 4.69) is 22.2 Å². The first-order valence-corrected chi connectivity index (χ1v) is 10.3. The molecule has 154 valence electrons. The minimum Gasteiger partial charge on any atom is -0.491 e. The standard InChI is InChI=1S/C23H24N4O3/c28-23(22-12-21(22)17-4-2-1-3-5-17)26-10-11-29-20(13-26)14-30-19-8-6-18(7-9-19)27-16-24-15-25-27/h1-9,15-16,20-22H,10-14H2/t20?,21-,22+/m1/s1. The van der Waals surface area contributed by atoms with Gasteiger partial charge in [0.25, 0.3) is 0 Å². The van der Waals surface area contributed by atoms with Gasteiger partial charge in [0.1, 0.15) is 31.1 Å². The second-order valence-corrected chi connectivity index (χ2v) is 7.78.